The molecule has 0 saturated heterocycles. The van der Waals surface area contributed by atoms with E-state index in [0.717, 1.165) is 12.8 Å². The highest BCUT2D eigenvalue weighted by Crippen LogP contribution is 2.20. The molecule has 0 aliphatic rings. The third kappa shape index (κ3) is 4.12. The largest absolute Gasteiger partial charge is 0.395 e. The van der Waals surface area contributed by atoms with E-state index in [0.29, 0.717) is 12.1 Å². The Morgan fingerprint density at radius 3 is 2.78 bits per heavy atom. The van der Waals surface area contributed by atoms with Crippen molar-refractivity contribution in [2.75, 3.05) is 19.7 Å². The van der Waals surface area contributed by atoms with E-state index >= 15 is 0 Å². The van der Waals surface area contributed by atoms with Gasteiger partial charge in [-0.3, -0.25) is 4.79 Å². The zero-order valence-electron chi connectivity index (χ0n) is 10.2. The van der Waals surface area contributed by atoms with Crippen LogP contribution in [0, 0.1) is 0 Å². The van der Waals surface area contributed by atoms with Gasteiger partial charge in [-0.15, -0.1) is 0 Å². The number of nitrogens with zero attached hydrogens (tertiary/aromatic N) is 2. The Bertz CT molecular complexity index is 413. The van der Waals surface area contributed by atoms with E-state index in [9.17, 15) is 4.79 Å². The Hall–Kier alpha value is -0.840. The zero-order valence-corrected chi connectivity index (χ0v) is 11.7. The third-order valence-corrected chi connectivity index (χ3v) is 3.00. The molecule has 1 heterocycles. The van der Waals surface area contributed by atoms with E-state index in [1.54, 1.807) is 4.90 Å². The van der Waals surface area contributed by atoms with Crippen molar-refractivity contribution >= 4 is 29.1 Å². The second-order valence-electron chi connectivity index (χ2n) is 3.86. The summed E-state index contributed by atoms with van der Waals surface area (Å²) in [7, 11) is 0. The fraction of sp³-hybridized carbons (Fsp3) is 0.500. The molecule has 1 rings (SSSR count). The first-order valence-corrected chi connectivity index (χ1v) is 6.57. The molecule has 100 valence electrons. The number of rotatable bonds is 6. The topological polar surface area (TPSA) is 53.4 Å². The fourth-order valence-electron chi connectivity index (χ4n) is 1.53. The summed E-state index contributed by atoms with van der Waals surface area (Å²) in [6, 6.07) is 1.45. The van der Waals surface area contributed by atoms with Crippen molar-refractivity contribution in [3.8, 4) is 0 Å². The van der Waals surface area contributed by atoms with Crippen LogP contribution in [0.1, 0.15) is 30.1 Å². The number of unbranched alkanes of at least 4 members (excludes halogenated alkanes) is 1. The van der Waals surface area contributed by atoms with Gasteiger partial charge in [0.15, 0.2) is 0 Å². The number of hydrogen-bond donors (Lipinski definition) is 1. The SMILES string of the molecule is CCCCN(CCO)C(=O)c1cc(Cl)ncc1Cl. The molecular formula is C12H16Cl2N2O2. The van der Waals surface area contributed by atoms with Crippen LogP contribution in [0.15, 0.2) is 12.3 Å². The number of halogens is 2. The van der Waals surface area contributed by atoms with Crippen LogP contribution in [-0.2, 0) is 0 Å². The van der Waals surface area contributed by atoms with Crippen molar-refractivity contribution in [2.24, 2.45) is 0 Å². The molecule has 1 amide bonds. The first-order valence-electron chi connectivity index (χ1n) is 5.81. The van der Waals surface area contributed by atoms with Crippen LogP contribution in [0.2, 0.25) is 10.2 Å². The average Bonchev–Trinajstić information content (AvgIpc) is 2.36. The Morgan fingerprint density at radius 2 is 2.17 bits per heavy atom. The second kappa shape index (κ2) is 7.56. The summed E-state index contributed by atoms with van der Waals surface area (Å²) in [5, 5.41) is 9.48. The summed E-state index contributed by atoms with van der Waals surface area (Å²) in [6.45, 7) is 2.84. The van der Waals surface area contributed by atoms with Gasteiger partial charge < -0.3 is 10.0 Å². The molecule has 0 fully saturated rings. The van der Waals surface area contributed by atoms with Gasteiger partial charge >= 0.3 is 0 Å². The summed E-state index contributed by atoms with van der Waals surface area (Å²) in [5.74, 6) is -0.230. The van der Waals surface area contributed by atoms with Gasteiger partial charge in [-0.1, -0.05) is 36.5 Å². The quantitative estimate of drug-likeness (QED) is 0.820. The molecule has 1 N–H and O–H groups in total. The number of aromatic nitrogens is 1. The number of carbonyl (C=O) groups is 1. The predicted molar refractivity (Wildman–Crippen MR) is 72.2 cm³/mol. The lowest BCUT2D eigenvalue weighted by atomic mass is 10.2. The molecule has 0 radical (unpaired) electrons. The molecule has 4 nitrogen and oxygen atoms in total. The third-order valence-electron chi connectivity index (χ3n) is 2.49. The van der Waals surface area contributed by atoms with Crippen molar-refractivity contribution < 1.29 is 9.90 Å². The first kappa shape index (κ1) is 15.2. The van der Waals surface area contributed by atoms with Crippen LogP contribution in [0.3, 0.4) is 0 Å². The minimum Gasteiger partial charge on any atom is -0.395 e. The molecule has 0 atom stereocenters. The molecule has 0 unspecified atom stereocenters. The molecule has 1 aromatic rings. The second-order valence-corrected chi connectivity index (χ2v) is 4.65. The van der Waals surface area contributed by atoms with Gasteiger partial charge in [0.2, 0.25) is 0 Å². The van der Waals surface area contributed by atoms with Gasteiger partial charge in [0.05, 0.1) is 17.2 Å². The van der Waals surface area contributed by atoms with E-state index in [-0.39, 0.29) is 29.2 Å². The predicted octanol–water partition coefficient (Wildman–Crippen LogP) is 2.62. The molecule has 0 aliphatic carbocycles. The first-order chi connectivity index (χ1) is 8.60. The van der Waals surface area contributed by atoms with Gasteiger partial charge in [-0.25, -0.2) is 4.98 Å². The number of amides is 1. The molecule has 0 spiro atoms. The molecule has 0 saturated carbocycles. The van der Waals surface area contributed by atoms with Crippen LogP contribution in [0.5, 0.6) is 0 Å². The Labute approximate surface area is 117 Å². The van der Waals surface area contributed by atoms with Gasteiger partial charge in [-0.05, 0) is 12.5 Å². The maximum atomic E-state index is 12.3. The molecule has 6 heteroatoms. The normalized spacial score (nSPS) is 10.4. The molecule has 1 aromatic heterocycles. The highest BCUT2D eigenvalue weighted by atomic mass is 35.5. The summed E-state index contributed by atoms with van der Waals surface area (Å²) in [6.07, 6.45) is 3.20. The standard InChI is InChI=1S/C12H16Cl2N2O2/c1-2-3-4-16(5-6-17)12(18)9-7-11(14)15-8-10(9)13/h7-8,17H,2-6H2,1H3. The number of aliphatic hydroxyl groups is 1. The number of aliphatic hydroxyl groups excluding tert-OH is 1. The summed E-state index contributed by atoms with van der Waals surface area (Å²) < 4.78 is 0. The molecule has 0 aliphatic heterocycles. The van der Waals surface area contributed by atoms with E-state index in [4.69, 9.17) is 28.3 Å². The van der Waals surface area contributed by atoms with Crippen molar-refractivity contribution in [3.63, 3.8) is 0 Å². The van der Waals surface area contributed by atoms with Crippen LogP contribution < -0.4 is 0 Å². The van der Waals surface area contributed by atoms with E-state index in [2.05, 4.69) is 4.98 Å². The lowest BCUT2D eigenvalue weighted by Crippen LogP contribution is -2.34. The lowest BCUT2D eigenvalue weighted by molar-refractivity contribution is 0.0719. The monoisotopic (exact) mass is 290 g/mol. The minimum atomic E-state index is -0.230. The molecule has 0 bridgehead atoms. The fourth-order valence-corrected chi connectivity index (χ4v) is 1.87. The van der Waals surface area contributed by atoms with E-state index in [1.165, 1.54) is 12.3 Å². The van der Waals surface area contributed by atoms with Crippen LogP contribution in [-0.4, -0.2) is 40.6 Å². The van der Waals surface area contributed by atoms with Crippen LogP contribution in [0.4, 0.5) is 0 Å². The number of hydrogen-bond acceptors (Lipinski definition) is 3. The van der Waals surface area contributed by atoms with Gasteiger partial charge in [0, 0.05) is 19.3 Å². The summed E-state index contributed by atoms with van der Waals surface area (Å²) in [4.78, 5) is 17.6. The molecule has 0 aromatic carbocycles. The average molecular weight is 291 g/mol. The van der Waals surface area contributed by atoms with Gasteiger partial charge in [0.1, 0.15) is 5.15 Å². The van der Waals surface area contributed by atoms with Crippen molar-refractivity contribution in [1.29, 1.82) is 0 Å². The Morgan fingerprint density at radius 1 is 1.44 bits per heavy atom. The van der Waals surface area contributed by atoms with Crippen LogP contribution >= 0.6 is 23.2 Å². The maximum Gasteiger partial charge on any atom is 0.255 e. The number of carbonyl (C=O) groups excluding carboxylic acids is 1. The van der Waals surface area contributed by atoms with E-state index in [1.807, 2.05) is 6.92 Å². The summed E-state index contributed by atoms with van der Waals surface area (Å²) in [5.41, 5.74) is 0.321. The Balaban J connectivity index is 2.90. The Kier molecular flexibility index (Phi) is 6.39. The van der Waals surface area contributed by atoms with E-state index < -0.39 is 0 Å². The lowest BCUT2D eigenvalue weighted by Gasteiger charge is -2.22. The smallest absolute Gasteiger partial charge is 0.255 e. The molecule has 18 heavy (non-hydrogen) atoms. The van der Waals surface area contributed by atoms with Crippen LogP contribution in [0.25, 0.3) is 0 Å². The molecular weight excluding hydrogens is 275 g/mol. The number of pyridine rings is 1. The highest BCUT2D eigenvalue weighted by molar-refractivity contribution is 6.35. The zero-order chi connectivity index (χ0) is 13.5. The summed E-state index contributed by atoms with van der Waals surface area (Å²) >= 11 is 11.7. The maximum absolute atomic E-state index is 12.3. The van der Waals surface area contributed by atoms with Crippen molar-refractivity contribution in [3.05, 3.63) is 28.0 Å². The minimum absolute atomic E-state index is 0.0775. The highest BCUT2D eigenvalue weighted by Gasteiger charge is 2.18. The van der Waals surface area contributed by atoms with Gasteiger partial charge in [0.25, 0.3) is 5.91 Å². The van der Waals surface area contributed by atoms with Crippen molar-refractivity contribution in [2.45, 2.75) is 19.8 Å². The van der Waals surface area contributed by atoms with Gasteiger partial charge in [-0.2, -0.15) is 0 Å². The van der Waals surface area contributed by atoms with Crippen molar-refractivity contribution in [1.82, 2.24) is 9.88 Å².